The highest BCUT2D eigenvalue weighted by atomic mass is 32.2. The molecule has 9 heteroatoms. The molecule has 1 N–H and O–H groups in total. The van der Waals surface area contributed by atoms with Crippen LogP contribution in [0.4, 0.5) is 11.5 Å². The molecular weight excluding hydrogens is 298 g/mol. The molecule has 0 saturated carbocycles. The maximum absolute atomic E-state index is 11.4. The van der Waals surface area contributed by atoms with Crippen molar-refractivity contribution in [2.45, 2.75) is 18.6 Å². The van der Waals surface area contributed by atoms with Gasteiger partial charge < -0.3 is 10.1 Å². The molecule has 2 atom stereocenters. The smallest absolute Gasteiger partial charge is 0.356 e. The third-order valence-electron chi connectivity index (χ3n) is 2.88. The Labute approximate surface area is 124 Å². The number of hydrogen-bond acceptors (Lipinski definition) is 7. The molecule has 8 nitrogen and oxygen atoms in total. The molecule has 0 radical (unpaired) electrons. The van der Waals surface area contributed by atoms with Crippen molar-refractivity contribution < 1.29 is 18.7 Å². The maximum Gasteiger partial charge on any atom is 0.356 e. The SMILES string of the molecule is COC(=O)c1ccc([N+](=O)[O-])c(NCCC(C)S(C)=O)n1. The number of methoxy groups -OCH3 is 1. The molecule has 1 aromatic heterocycles. The third-order valence-corrected chi connectivity index (χ3v) is 4.24. The number of carbonyl (C=O) groups is 1. The first-order chi connectivity index (χ1) is 9.86. The minimum Gasteiger partial charge on any atom is -0.464 e. The molecule has 0 aromatic carbocycles. The zero-order valence-corrected chi connectivity index (χ0v) is 12.8. The van der Waals surface area contributed by atoms with Crippen LogP contribution in [0, 0.1) is 10.1 Å². The van der Waals surface area contributed by atoms with Crippen LogP contribution in [-0.4, -0.2) is 45.2 Å². The number of esters is 1. The van der Waals surface area contributed by atoms with Gasteiger partial charge in [-0.3, -0.25) is 14.3 Å². The standard InChI is InChI=1S/C12H17N3O5S/c1-8(21(3)19)6-7-13-11-10(15(17)18)5-4-9(14-11)12(16)20-2/h4-5,8H,6-7H2,1-3H3,(H,13,14). The summed E-state index contributed by atoms with van der Waals surface area (Å²) >= 11 is 0. The van der Waals surface area contributed by atoms with E-state index >= 15 is 0 Å². The highest BCUT2D eigenvalue weighted by Gasteiger charge is 2.19. The summed E-state index contributed by atoms with van der Waals surface area (Å²) in [5.41, 5.74) is -0.245. The second-order valence-electron chi connectivity index (χ2n) is 4.34. The monoisotopic (exact) mass is 315 g/mol. The molecule has 0 aliphatic heterocycles. The fourth-order valence-electron chi connectivity index (χ4n) is 1.51. The molecule has 21 heavy (non-hydrogen) atoms. The lowest BCUT2D eigenvalue weighted by atomic mass is 10.3. The Hall–Kier alpha value is -2.03. The van der Waals surface area contributed by atoms with E-state index in [1.807, 2.05) is 6.92 Å². The number of aromatic nitrogens is 1. The Kier molecular flexibility index (Phi) is 6.22. The van der Waals surface area contributed by atoms with Gasteiger partial charge in [0, 0.05) is 34.9 Å². The molecule has 2 unspecified atom stereocenters. The summed E-state index contributed by atoms with van der Waals surface area (Å²) in [5, 5.41) is 13.7. The van der Waals surface area contributed by atoms with Crippen molar-refractivity contribution >= 4 is 28.3 Å². The summed E-state index contributed by atoms with van der Waals surface area (Å²) in [6, 6.07) is 2.43. The van der Waals surface area contributed by atoms with Crippen LogP contribution in [0.1, 0.15) is 23.8 Å². The van der Waals surface area contributed by atoms with E-state index in [-0.39, 0.29) is 22.4 Å². The van der Waals surface area contributed by atoms with Gasteiger partial charge >= 0.3 is 11.7 Å². The largest absolute Gasteiger partial charge is 0.464 e. The van der Waals surface area contributed by atoms with Crippen LogP contribution in [-0.2, 0) is 15.5 Å². The Bertz CT molecular complexity index is 564. The fraction of sp³-hybridized carbons (Fsp3) is 0.500. The van der Waals surface area contributed by atoms with Gasteiger partial charge in [-0.05, 0) is 12.5 Å². The number of ether oxygens (including phenoxy) is 1. The lowest BCUT2D eigenvalue weighted by molar-refractivity contribution is -0.384. The van der Waals surface area contributed by atoms with Gasteiger partial charge in [0.1, 0.15) is 0 Å². The van der Waals surface area contributed by atoms with Gasteiger partial charge in [-0.15, -0.1) is 0 Å². The first-order valence-electron chi connectivity index (χ1n) is 6.16. The number of anilines is 1. The lowest BCUT2D eigenvalue weighted by Gasteiger charge is -2.10. The topological polar surface area (TPSA) is 111 Å². The molecular formula is C12H17N3O5S. The molecule has 0 amide bonds. The van der Waals surface area contributed by atoms with Gasteiger partial charge in [-0.2, -0.15) is 0 Å². The second kappa shape index (κ2) is 7.67. The molecule has 1 aromatic rings. The van der Waals surface area contributed by atoms with Crippen LogP contribution < -0.4 is 5.32 Å². The van der Waals surface area contributed by atoms with Crippen molar-refractivity contribution in [2.75, 3.05) is 25.2 Å². The van der Waals surface area contributed by atoms with Crippen LogP contribution in [0.5, 0.6) is 0 Å². The highest BCUT2D eigenvalue weighted by molar-refractivity contribution is 7.84. The van der Waals surface area contributed by atoms with E-state index in [2.05, 4.69) is 15.0 Å². The van der Waals surface area contributed by atoms with Crippen LogP contribution in [0.15, 0.2) is 12.1 Å². The predicted molar refractivity (Wildman–Crippen MR) is 78.9 cm³/mol. The average molecular weight is 315 g/mol. The first kappa shape index (κ1) is 17.0. The predicted octanol–water partition coefficient (Wildman–Crippen LogP) is 1.35. The van der Waals surface area contributed by atoms with E-state index < -0.39 is 21.7 Å². The summed E-state index contributed by atoms with van der Waals surface area (Å²) in [6.07, 6.45) is 2.16. The zero-order valence-electron chi connectivity index (χ0n) is 12.0. The van der Waals surface area contributed by atoms with Gasteiger partial charge in [0.2, 0.25) is 5.82 Å². The maximum atomic E-state index is 11.4. The molecule has 1 heterocycles. The van der Waals surface area contributed by atoms with Gasteiger partial charge in [-0.1, -0.05) is 6.92 Å². The molecule has 0 aliphatic rings. The van der Waals surface area contributed by atoms with Gasteiger partial charge in [0.05, 0.1) is 12.0 Å². The van der Waals surface area contributed by atoms with Crippen molar-refractivity contribution in [1.29, 1.82) is 0 Å². The van der Waals surface area contributed by atoms with Crippen molar-refractivity contribution in [3.63, 3.8) is 0 Å². The Balaban J connectivity index is 2.88. The van der Waals surface area contributed by atoms with Crippen LogP contribution in [0.3, 0.4) is 0 Å². The quantitative estimate of drug-likeness (QED) is 0.459. The molecule has 116 valence electrons. The van der Waals surface area contributed by atoms with Crippen LogP contribution in [0.2, 0.25) is 0 Å². The minimum atomic E-state index is -0.964. The normalized spacial score (nSPS) is 13.3. The summed E-state index contributed by atoms with van der Waals surface area (Å²) in [4.78, 5) is 25.7. The van der Waals surface area contributed by atoms with Crippen LogP contribution >= 0.6 is 0 Å². The molecule has 0 fully saturated rings. The van der Waals surface area contributed by atoms with E-state index in [1.54, 1.807) is 6.26 Å². The van der Waals surface area contributed by atoms with Crippen molar-refractivity contribution in [3.05, 3.63) is 27.9 Å². The fourth-order valence-corrected chi connectivity index (χ4v) is 1.96. The molecule has 0 aliphatic carbocycles. The van der Waals surface area contributed by atoms with E-state index in [0.29, 0.717) is 13.0 Å². The van der Waals surface area contributed by atoms with E-state index in [9.17, 15) is 19.1 Å². The number of pyridine rings is 1. The molecule has 0 saturated heterocycles. The number of nitro groups is 1. The minimum absolute atomic E-state index is 0.00279. The number of nitrogens with zero attached hydrogens (tertiary/aromatic N) is 2. The van der Waals surface area contributed by atoms with Crippen molar-refractivity contribution in [1.82, 2.24) is 4.98 Å². The van der Waals surface area contributed by atoms with Crippen LogP contribution in [0.25, 0.3) is 0 Å². The average Bonchev–Trinajstić information content (AvgIpc) is 2.45. The van der Waals surface area contributed by atoms with E-state index in [1.165, 1.54) is 19.2 Å². The number of rotatable bonds is 7. The Morgan fingerprint density at radius 1 is 1.57 bits per heavy atom. The zero-order chi connectivity index (χ0) is 16.0. The number of hydrogen-bond donors (Lipinski definition) is 1. The second-order valence-corrected chi connectivity index (χ2v) is 6.14. The summed E-state index contributed by atoms with van der Waals surface area (Å²) < 4.78 is 15.8. The molecule has 1 rings (SSSR count). The number of nitrogens with one attached hydrogen (secondary N) is 1. The first-order valence-corrected chi connectivity index (χ1v) is 7.78. The number of carbonyl (C=O) groups excluding carboxylic acids is 1. The van der Waals surface area contributed by atoms with Crippen molar-refractivity contribution in [2.24, 2.45) is 0 Å². The Morgan fingerprint density at radius 2 is 2.24 bits per heavy atom. The van der Waals surface area contributed by atoms with Crippen molar-refractivity contribution in [3.8, 4) is 0 Å². The molecule has 0 bridgehead atoms. The lowest BCUT2D eigenvalue weighted by Crippen LogP contribution is -2.16. The van der Waals surface area contributed by atoms with E-state index in [0.717, 1.165) is 0 Å². The summed E-state index contributed by atoms with van der Waals surface area (Å²) in [7, 11) is 0.241. The summed E-state index contributed by atoms with van der Waals surface area (Å²) in [5.74, 6) is -0.673. The van der Waals surface area contributed by atoms with E-state index in [4.69, 9.17) is 0 Å². The summed E-state index contributed by atoms with van der Waals surface area (Å²) in [6.45, 7) is 2.18. The third kappa shape index (κ3) is 4.78. The molecule has 0 spiro atoms. The van der Waals surface area contributed by atoms with Gasteiger partial charge in [0.25, 0.3) is 0 Å². The van der Waals surface area contributed by atoms with Gasteiger partial charge in [0.15, 0.2) is 5.69 Å². The Morgan fingerprint density at radius 3 is 2.76 bits per heavy atom. The van der Waals surface area contributed by atoms with Gasteiger partial charge in [-0.25, -0.2) is 9.78 Å². The highest BCUT2D eigenvalue weighted by Crippen LogP contribution is 2.22.